The second-order valence-electron chi connectivity index (χ2n) is 5.12. The number of hydrogen-bond acceptors (Lipinski definition) is 3. The number of aliphatic hydroxyl groups excluding tert-OH is 1. The molecule has 3 atom stereocenters. The topological polar surface area (TPSA) is 36.4 Å². The van der Waals surface area contributed by atoms with Crippen molar-refractivity contribution in [3.8, 4) is 0 Å². The maximum atomic E-state index is 10.2. The van der Waals surface area contributed by atoms with Crippen molar-refractivity contribution in [1.82, 2.24) is 9.88 Å². The summed E-state index contributed by atoms with van der Waals surface area (Å²) in [6, 6.07) is 4.94. The number of pyridine rings is 1. The maximum Gasteiger partial charge on any atom is 0.0918 e. The monoisotopic (exact) mass is 234 g/mol. The fourth-order valence-electron chi connectivity index (χ4n) is 2.73. The number of hydrogen-bond donors (Lipinski definition) is 1. The first-order valence-corrected chi connectivity index (χ1v) is 6.52. The van der Waals surface area contributed by atoms with Crippen molar-refractivity contribution < 1.29 is 5.11 Å². The zero-order valence-corrected chi connectivity index (χ0v) is 10.7. The molecule has 0 bridgehead atoms. The number of nitrogens with zero attached hydrogens (tertiary/aromatic N) is 2. The Morgan fingerprint density at radius 1 is 1.29 bits per heavy atom. The second kappa shape index (κ2) is 5.61. The van der Waals surface area contributed by atoms with Gasteiger partial charge in [0.05, 0.1) is 6.10 Å². The van der Waals surface area contributed by atoms with E-state index >= 15 is 0 Å². The molecule has 0 aliphatic carbocycles. The van der Waals surface area contributed by atoms with Crippen molar-refractivity contribution in [2.75, 3.05) is 6.54 Å². The minimum Gasteiger partial charge on any atom is -0.387 e. The van der Waals surface area contributed by atoms with Gasteiger partial charge in [-0.05, 0) is 44.4 Å². The maximum absolute atomic E-state index is 10.2. The normalized spacial score (nSPS) is 27.9. The van der Waals surface area contributed by atoms with Crippen LogP contribution in [0.2, 0.25) is 0 Å². The number of β-amino-alcohol motifs (C(OH)–C–C–N with tert-alkyl or cyclic N) is 1. The highest BCUT2D eigenvalue weighted by atomic mass is 16.3. The summed E-state index contributed by atoms with van der Waals surface area (Å²) in [4.78, 5) is 6.40. The van der Waals surface area contributed by atoms with Gasteiger partial charge < -0.3 is 5.11 Å². The van der Waals surface area contributed by atoms with Crippen LogP contribution in [0.15, 0.2) is 24.5 Å². The first-order valence-electron chi connectivity index (χ1n) is 6.52. The van der Waals surface area contributed by atoms with Crippen LogP contribution in [0, 0.1) is 0 Å². The van der Waals surface area contributed by atoms with Gasteiger partial charge in [-0.25, -0.2) is 0 Å². The summed E-state index contributed by atoms with van der Waals surface area (Å²) in [7, 11) is 0. The van der Waals surface area contributed by atoms with E-state index in [1.807, 2.05) is 12.1 Å². The van der Waals surface area contributed by atoms with Crippen LogP contribution in [0.4, 0.5) is 0 Å². The van der Waals surface area contributed by atoms with E-state index in [2.05, 4.69) is 23.7 Å². The average molecular weight is 234 g/mol. The zero-order valence-electron chi connectivity index (χ0n) is 10.7. The summed E-state index contributed by atoms with van der Waals surface area (Å²) < 4.78 is 0. The molecule has 2 heterocycles. The molecule has 3 nitrogen and oxygen atoms in total. The Bertz CT molecular complexity index is 331. The van der Waals surface area contributed by atoms with Crippen LogP contribution >= 0.6 is 0 Å². The molecular weight excluding hydrogens is 212 g/mol. The Kier molecular flexibility index (Phi) is 4.13. The molecule has 0 amide bonds. The van der Waals surface area contributed by atoms with Gasteiger partial charge in [0.25, 0.3) is 0 Å². The fraction of sp³-hybridized carbons (Fsp3) is 0.643. The average Bonchev–Trinajstić information content (AvgIpc) is 2.35. The predicted molar refractivity (Wildman–Crippen MR) is 68.7 cm³/mol. The van der Waals surface area contributed by atoms with E-state index in [9.17, 15) is 5.11 Å². The summed E-state index contributed by atoms with van der Waals surface area (Å²) in [5.74, 6) is 0. The van der Waals surface area contributed by atoms with Gasteiger partial charge in [0.1, 0.15) is 0 Å². The van der Waals surface area contributed by atoms with Crippen LogP contribution in [-0.4, -0.2) is 33.6 Å². The fourth-order valence-corrected chi connectivity index (χ4v) is 2.73. The molecule has 17 heavy (non-hydrogen) atoms. The third-order valence-corrected chi connectivity index (χ3v) is 3.85. The Labute approximate surface area is 103 Å². The molecule has 1 aromatic rings. The molecular formula is C14H22N2O. The standard InChI is InChI=1S/C14H22N2O/c1-11-4-3-5-12(2)16(11)10-14(17)13-6-8-15-9-7-13/h6-9,11-12,14,17H,3-5,10H2,1-2H3. The molecule has 0 aromatic carbocycles. The lowest BCUT2D eigenvalue weighted by Gasteiger charge is -2.40. The second-order valence-corrected chi connectivity index (χ2v) is 5.12. The first kappa shape index (κ1) is 12.5. The zero-order chi connectivity index (χ0) is 12.3. The first-order chi connectivity index (χ1) is 8.18. The van der Waals surface area contributed by atoms with Gasteiger partial charge in [-0.1, -0.05) is 6.42 Å². The number of rotatable bonds is 3. The lowest BCUT2D eigenvalue weighted by atomic mass is 9.96. The van der Waals surface area contributed by atoms with Gasteiger partial charge in [-0.2, -0.15) is 0 Å². The largest absolute Gasteiger partial charge is 0.387 e. The molecule has 1 saturated heterocycles. The molecule has 94 valence electrons. The van der Waals surface area contributed by atoms with Crippen LogP contribution < -0.4 is 0 Å². The molecule has 1 aliphatic rings. The smallest absolute Gasteiger partial charge is 0.0918 e. The van der Waals surface area contributed by atoms with E-state index in [1.54, 1.807) is 12.4 Å². The van der Waals surface area contributed by atoms with Gasteiger partial charge in [-0.15, -0.1) is 0 Å². The van der Waals surface area contributed by atoms with Gasteiger partial charge in [-0.3, -0.25) is 9.88 Å². The van der Waals surface area contributed by atoms with Crippen molar-refractivity contribution in [1.29, 1.82) is 0 Å². The Balaban J connectivity index is 2.00. The van der Waals surface area contributed by atoms with E-state index in [0.29, 0.717) is 12.1 Å². The third-order valence-electron chi connectivity index (χ3n) is 3.85. The van der Waals surface area contributed by atoms with Crippen molar-refractivity contribution >= 4 is 0 Å². The third kappa shape index (κ3) is 3.05. The minimum absolute atomic E-state index is 0.402. The Morgan fingerprint density at radius 3 is 2.47 bits per heavy atom. The minimum atomic E-state index is -0.402. The van der Waals surface area contributed by atoms with E-state index < -0.39 is 6.10 Å². The number of aromatic nitrogens is 1. The highest BCUT2D eigenvalue weighted by Crippen LogP contribution is 2.25. The van der Waals surface area contributed by atoms with Crippen LogP contribution in [0.1, 0.15) is 44.8 Å². The molecule has 1 N–H and O–H groups in total. The summed E-state index contributed by atoms with van der Waals surface area (Å²) in [6.45, 7) is 5.25. The Morgan fingerprint density at radius 2 is 1.88 bits per heavy atom. The van der Waals surface area contributed by atoms with E-state index in [-0.39, 0.29) is 0 Å². The SMILES string of the molecule is CC1CCCC(C)N1CC(O)c1ccncc1. The highest BCUT2D eigenvalue weighted by molar-refractivity contribution is 5.13. The summed E-state index contributed by atoms with van der Waals surface area (Å²) in [6.07, 6.45) is 6.87. The summed E-state index contributed by atoms with van der Waals surface area (Å²) in [5.41, 5.74) is 0.963. The Hall–Kier alpha value is -0.930. The lowest BCUT2D eigenvalue weighted by molar-refractivity contribution is 0.0411. The molecule has 0 radical (unpaired) electrons. The van der Waals surface area contributed by atoms with Gasteiger partial charge in [0.15, 0.2) is 0 Å². The molecule has 3 heteroatoms. The van der Waals surface area contributed by atoms with Crippen LogP contribution in [0.3, 0.4) is 0 Å². The van der Waals surface area contributed by atoms with E-state index in [1.165, 1.54) is 19.3 Å². The molecule has 1 aliphatic heterocycles. The molecule has 1 fully saturated rings. The number of piperidine rings is 1. The predicted octanol–water partition coefficient (Wildman–Crippen LogP) is 2.38. The van der Waals surface area contributed by atoms with Crippen molar-refractivity contribution in [2.45, 2.75) is 51.3 Å². The van der Waals surface area contributed by atoms with Crippen molar-refractivity contribution in [3.05, 3.63) is 30.1 Å². The lowest BCUT2D eigenvalue weighted by Crippen LogP contribution is -2.45. The van der Waals surface area contributed by atoms with Crippen LogP contribution in [0.25, 0.3) is 0 Å². The molecule has 1 aromatic heterocycles. The molecule has 0 spiro atoms. The van der Waals surface area contributed by atoms with Gasteiger partial charge >= 0.3 is 0 Å². The summed E-state index contributed by atoms with van der Waals surface area (Å²) in [5, 5.41) is 10.2. The van der Waals surface area contributed by atoms with Crippen LogP contribution in [0.5, 0.6) is 0 Å². The molecule has 0 saturated carbocycles. The quantitative estimate of drug-likeness (QED) is 0.872. The van der Waals surface area contributed by atoms with E-state index in [4.69, 9.17) is 0 Å². The number of aliphatic hydroxyl groups is 1. The van der Waals surface area contributed by atoms with E-state index in [0.717, 1.165) is 12.1 Å². The number of likely N-dealkylation sites (tertiary alicyclic amines) is 1. The van der Waals surface area contributed by atoms with Crippen molar-refractivity contribution in [3.63, 3.8) is 0 Å². The molecule has 2 rings (SSSR count). The summed E-state index contributed by atoms with van der Waals surface area (Å²) >= 11 is 0. The van der Waals surface area contributed by atoms with Crippen molar-refractivity contribution in [2.24, 2.45) is 0 Å². The molecule has 3 unspecified atom stereocenters. The highest BCUT2D eigenvalue weighted by Gasteiger charge is 2.26. The van der Waals surface area contributed by atoms with Crippen LogP contribution in [-0.2, 0) is 0 Å². The van der Waals surface area contributed by atoms with Gasteiger partial charge in [0.2, 0.25) is 0 Å². The van der Waals surface area contributed by atoms with Gasteiger partial charge in [0, 0.05) is 31.0 Å².